The standard InChI is InChI=1S/C18H17ClN2O6/c1-20(10-11-26-16-8-4-14(19)5-9-16)17(22)12-27-18(23)13-2-6-15(7-3-13)21(24)25/h2-9H,10-12H2,1H3. The lowest BCUT2D eigenvalue weighted by atomic mass is 10.2. The lowest BCUT2D eigenvalue weighted by Crippen LogP contribution is -2.34. The number of nitro benzene ring substituents is 1. The van der Waals surface area contributed by atoms with Crippen LogP contribution in [-0.2, 0) is 9.53 Å². The Bertz CT molecular complexity index is 808. The fourth-order valence-corrected chi connectivity index (χ4v) is 2.12. The maximum absolute atomic E-state index is 12.0. The van der Waals surface area contributed by atoms with Crippen molar-refractivity contribution in [1.29, 1.82) is 0 Å². The molecule has 9 heteroatoms. The van der Waals surface area contributed by atoms with Gasteiger partial charge in [0.25, 0.3) is 11.6 Å². The van der Waals surface area contributed by atoms with Gasteiger partial charge in [0.1, 0.15) is 12.4 Å². The van der Waals surface area contributed by atoms with Gasteiger partial charge in [0, 0.05) is 24.2 Å². The van der Waals surface area contributed by atoms with Crippen molar-refractivity contribution >= 4 is 29.2 Å². The zero-order chi connectivity index (χ0) is 19.8. The van der Waals surface area contributed by atoms with E-state index < -0.39 is 23.4 Å². The highest BCUT2D eigenvalue weighted by molar-refractivity contribution is 6.30. The average Bonchev–Trinajstić information content (AvgIpc) is 2.67. The van der Waals surface area contributed by atoms with Crippen molar-refractivity contribution in [2.75, 3.05) is 26.8 Å². The smallest absolute Gasteiger partial charge is 0.338 e. The van der Waals surface area contributed by atoms with Crippen molar-refractivity contribution < 1.29 is 24.0 Å². The van der Waals surface area contributed by atoms with Crippen molar-refractivity contribution in [1.82, 2.24) is 4.90 Å². The zero-order valence-corrected chi connectivity index (χ0v) is 15.2. The Labute approximate surface area is 160 Å². The Morgan fingerprint density at radius 2 is 1.74 bits per heavy atom. The molecule has 0 heterocycles. The van der Waals surface area contributed by atoms with E-state index in [1.807, 2.05) is 0 Å². The number of benzene rings is 2. The molecule has 2 aromatic carbocycles. The van der Waals surface area contributed by atoms with Gasteiger partial charge in [0.2, 0.25) is 0 Å². The molecule has 0 aliphatic heterocycles. The number of rotatable bonds is 8. The normalized spacial score (nSPS) is 10.1. The topological polar surface area (TPSA) is 99.0 Å². The molecular formula is C18H17ClN2O6. The summed E-state index contributed by atoms with van der Waals surface area (Å²) in [5.74, 6) is -0.501. The maximum atomic E-state index is 12.0. The summed E-state index contributed by atoms with van der Waals surface area (Å²) in [6.45, 7) is 0.129. The minimum Gasteiger partial charge on any atom is -0.492 e. The molecule has 2 aromatic rings. The summed E-state index contributed by atoms with van der Waals surface area (Å²) < 4.78 is 10.4. The SMILES string of the molecule is CN(CCOc1ccc(Cl)cc1)C(=O)COC(=O)c1ccc([N+](=O)[O-])cc1. The first kappa shape index (κ1) is 20.2. The number of amides is 1. The zero-order valence-electron chi connectivity index (χ0n) is 14.5. The van der Waals surface area contributed by atoms with Crippen molar-refractivity contribution in [3.8, 4) is 5.75 Å². The molecule has 142 valence electrons. The monoisotopic (exact) mass is 392 g/mol. The largest absolute Gasteiger partial charge is 0.492 e. The molecule has 0 atom stereocenters. The highest BCUT2D eigenvalue weighted by atomic mass is 35.5. The summed E-state index contributed by atoms with van der Waals surface area (Å²) in [6.07, 6.45) is 0. The maximum Gasteiger partial charge on any atom is 0.338 e. The average molecular weight is 393 g/mol. The van der Waals surface area contributed by atoms with Gasteiger partial charge in [-0.1, -0.05) is 11.6 Å². The van der Waals surface area contributed by atoms with Gasteiger partial charge >= 0.3 is 5.97 Å². The predicted octanol–water partition coefficient (Wildman–Crippen LogP) is 2.94. The number of carbonyl (C=O) groups is 2. The van der Waals surface area contributed by atoms with Gasteiger partial charge in [-0.2, -0.15) is 0 Å². The second-order valence-electron chi connectivity index (χ2n) is 5.50. The molecule has 0 bridgehead atoms. The van der Waals surface area contributed by atoms with Gasteiger partial charge in [-0.25, -0.2) is 4.79 Å². The molecule has 0 fully saturated rings. The number of likely N-dealkylation sites (N-methyl/N-ethyl adjacent to an activating group) is 1. The van der Waals surface area contributed by atoms with Crippen LogP contribution in [-0.4, -0.2) is 48.5 Å². The number of nitro groups is 1. The number of halogens is 1. The van der Waals surface area contributed by atoms with Crippen molar-refractivity contribution in [2.45, 2.75) is 0 Å². The molecule has 0 aliphatic carbocycles. The van der Waals surface area contributed by atoms with Crippen LogP contribution in [0.25, 0.3) is 0 Å². The molecule has 0 saturated heterocycles. The Morgan fingerprint density at radius 1 is 1.11 bits per heavy atom. The first-order chi connectivity index (χ1) is 12.9. The molecule has 8 nitrogen and oxygen atoms in total. The quantitative estimate of drug-likeness (QED) is 0.389. The molecule has 0 aliphatic rings. The number of esters is 1. The Morgan fingerprint density at radius 3 is 2.33 bits per heavy atom. The van der Waals surface area contributed by atoms with Gasteiger partial charge in [-0.05, 0) is 36.4 Å². The number of ether oxygens (including phenoxy) is 2. The van der Waals surface area contributed by atoms with E-state index in [0.717, 1.165) is 0 Å². The Kier molecular flexibility index (Phi) is 7.13. The van der Waals surface area contributed by atoms with E-state index in [0.29, 0.717) is 17.3 Å². The van der Waals surface area contributed by atoms with Crippen molar-refractivity contribution in [3.63, 3.8) is 0 Å². The highest BCUT2D eigenvalue weighted by Gasteiger charge is 2.15. The van der Waals surface area contributed by atoms with Gasteiger partial charge in [-0.3, -0.25) is 14.9 Å². The summed E-state index contributed by atoms with van der Waals surface area (Å²) in [7, 11) is 1.56. The number of carbonyl (C=O) groups excluding carboxylic acids is 2. The molecular weight excluding hydrogens is 376 g/mol. The second-order valence-corrected chi connectivity index (χ2v) is 5.93. The lowest BCUT2D eigenvalue weighted by molar-refractivity contribution is -0.384. The Balaban J connectivity index is 1.74. The highest BCUT2D eigenvalue weighted by Crippen LogP contribution is 2.15. The molecule has 0 saturated carbocycles. The number of hydrogen-bond donors (Lipinski definition) is 0. The first-order valence-corrected chi connectivity index (χ1v) is 8.28. The van der Waals surface area contributed by atoms with Crippen LogP contribution in [0.3, 0.4) is 0 Å². The Hall–Kier alpha value is -3.13. The molecule has 1 amide bonds. The van der Waals surface area contributed by atoms with Crippen LogP contribution in [0, 0.1) is 10.1 Å². The van der Waals surface area contributed by atoms with E-state index in [2.05, 4.69) is 0 Å². The molecule has 0 unspecified atom stereocenters. The second kappa shape index (κ2) is 9.54. The first-order valence-electron chi connectivity index (χ1n) is 7.90. The lowest BCUT2D eigenvalue weighted by Gasteiger charge is -2.17. The van der Waals surface area contributed by atoms with Crippen LogP contribution in [0.2, 0.25) is 5.02 Å². The third-order valence-corrected chi connectivity index (χ3v) is 3.83. The van der Waals surface area contributed by atoms with Gasteiger partial charge in [0.15, 0.2) is 6.61 Å². The fraction of sp³-hybridized carbons (Fsp3) is 0.222. The summed E-state index contributed by atoms with van der Waals surface area (Å²) in [6, 6.07) is 11.8. The third-order valence-electron chi connectivity index (χ3n) is 3.58. The van der Waals surface area contributed by atoms with Gasteiger partial charge in [-0.15, -0.1) is 0 Å². The minimum atomic E-state index is -0.732. The van der Waals surface area contributed by atoms with Crippen molar-refractivity contribution in [3.05, 3.63) is 69.2 Å². The molecule has 0 N–H and O–H groups in total. The molecule has 0 radical (unpaired) electrons. The van der Waals surface area contributed by atoms with Gasteiger partial charge in [0.05, 0.1) is 17.0 Å². The number of nitrogens with zero attached hydrogens (tertiary/aromatic N) is 2. The molecule has 2 rings (SSSR count). The molecule has 0 spiro atoms. The summed E-state index contributed by atoms with van der Waals surface area (Å²) in [5, 5.41) is 11.2. The van der Waals surface area contributed by atoms with E-state index in [9.17, 15) is 19.7 Å². The predicted molar refractivity (Wildman–Crippen MR) is 98.0 cm³/mol. The summed E-state index contributed by atoms with van der Waals surface area (Å²) in [4.78, 5) is 35.3. The minimum absolute atomic E-state index is 0.127. The third kappa shape index (κ3) is 6.27. The van der Waals surface area contributed by atoms with Crippen LogP contribution >= 0.6 is 11.6 Å². The van der Waals surface area contributed by atoms with Crippen LogP contribution in [0.15, 0.2) is 48.5 Å². The van der Waals surface area contributed by atoms with E-state index in [4.69, 9.17) is 21.1 Å². The van der Waals surface area contributed by atoms with E-state index in [1.165, 1.54) is 29.2 Å². The summed E-state index contributed by atoms with van der Waals surface area (Å²) in [5.41, 5.74) is -0.00910. The van der Waals surface area contributed by atoms with E-state index in [1.54, 1.807) is 31.3 Å². The van der Waals surface area contributed by atoms with Crippen molar-refractivity contribution in [2.24, 2.45) is 0 Å². The number of non-ortho nitro benzene ring substituents is 1. The van der Waals surface area contributed by atoms with Gasteiger partial charge < -0.3 is 14.4 Å². The fourth-order valence-electron chi connectivity index (χ4n) is 2.00. The van der Waals surface area contributed by atoms with Crippen LogP contribution in [0.4, 0.5) is 5.69 Å². The van der Waals surface area contributed by atoms with E-state index in [-0.39, 0.29) is 17.9 Å². The molecule has 27 heavy (non-hydrogen) atoms. The van der Waals surface area contributed by atoms with E-state index >= 15 is 0 Å². The van der Waals surface area contributed by atoms with Crippen LogP contribution in [0.5, 0.6) is 5.75 Å². The molecule has 0 aromatic heterocycles. The van der Waals surface area contributed by atoms with Crippen LogP contribution < -0.4 is 4.74 Å². The number of hydrogen-bond acceptors (Lipinski definition) is 6. The van der Waals surface area contributed by atoms with Crippen LogP contribution in [0.1, 0.15) is 10.4 Å². The summed E-state index contributed by atoms with van der Waals surface area (Å²) >= 11 is 5.78.